The van der Waals surface area contributed by atoms with Crippen molar-refractivity contribution in [3.8, 4) is 5.75 Å². The lowest BCUT2D eigenvalue weighted by molar-refractivity contribution is 0.416. The average molecular weight is 325 g/mol. The molecule has 0 saturated carbocycles. The van der Waals surface area contributed by atoms with Crippen molar-refractivity contribution in [1.82, 2.24) is 0 Å². The Morgan fingerprint density at radius 2 is 1.72 bits per heavy atom. The first kappa shape index (κ1) is 13.6. The fourth-order valence-corrected chi connectivity index (χ4v) is 3.41. The number of alkyl halides is 1. The number of thiophene rings is 1. The van der Waals surface area contributed by atoms with Gasteiger partial charge in [-0.05, 0) is 23.1 Å². The van der Waals surface area contributed by atoms with E-state index in [0.717, 1.165) is 5.75 Å². The van der Waals surface area contributed by atoms with Crippen LogP contribution in [0.15, 0.2) is 35.7 Å². The standard InChI is InChI=1S/C15H17BrOS/c1-10(2)11-4-6-12(7-5-11)15(16)14-8-13(17-3)9-18-14/h4-10,15H,1-3H3. The van der Waals surface area contributed by atoms with E-state index in [1.165, 1.54) is 16.0 Å². The molecule has 0 aliphatic heterocycles. The number of ether oxygens (including phenoxy) is 1. The van der Waals surface area contributed by atoms with Crippen LogP contribution in [0.25, 0.3) is 0 Å². The number of halogens is 1. The van der Waals surface area contributed by atoms with Crippen molar-refractivity contribution in [3.63, 3.8) is 0 Å². The lowest BCUT2D eigenvalue weighted by Gasteiger charge is -2.10. The lowest BCUT2D eigenvalue weighted by atomic mass is 10.0. The number of hydrogen-bond donors (Lipinski definition) is 0. The second kappa shape index (κ2) is 5.89. The summed E-state index contributed by atoms with van der Waals surface area (Å²) in [6.45, 7) is 4.43. The van der Waals surface area contributed by atoms with Gasteiger partial charge in [-0.3, -0.25) is 0 Å². The van der Waals surface area contributed by atoms with E-state index in [1.807, 2.05) is 5.38 Å². The molecule has 0 spiro atoms. The summed E-state index contributed by atoms with van der Waals surface area (Å²) in [5, 5.41) is 2.03. The molecule has 1 nitrogen and oxygen atoms in total. The molecule has 0 saturated heterocycles. The summed E-state index contributed by atoms with van der Waals surface area (Å²) >= 11 is 5.47. The summed E-state index contributed by atoms with van der Waals surface area (Å²) in [4.78, 5) is 1.51. The molecule has 1 heterocycles. The van der Waals surface area contributed by atoms with Gasteiger partial charge in [0, 0.05) is 10.3 Å². The third-order valence-corrected chi connectivity index (χ3v) is 5.28. The Bertz CT molecular complexity index is 501. The summed E-state index contributed by atoms with van der Waals surface area (Å²) in [5.74, 6) is 1.51. The van der Waals surface area contributed by atoms with Crippen molar-refractivity contribution in [2.45, 2.75) is 24.6 Å². The van der Waals surface area contributed by atoms with Gasteiger partial charge < -0.3 is 4.74 Å². The van der Waals surface area contributed by atoms with Crippen molar-refractivity contribution >= 4 is 27.3 Å². The summed E-state index contributed by atoms with van der Waals surface area (Å²) < 4.78 is 5.22. The molecule has 2 aromatic rings. The molecule has 0 bridgehead atoms. The smallest absolute Gasteiger partial charge is 0.129 e. The van der Waals surface area contributed by atoms with Gasteiger partial charge >= 0.3 is 0 Å². The molecule has 1 unspecified atom stereocenters. The number of methoxy groups -OCH3 is 1. The van der Waals surface area contributed by atoms with Gasteiger partial charge in [0.15, 0.2) is 0 Å². The van der Waals surface area contributed by atoms with Crippen LogP contribution in [0.1, 0.15) is 40.6 Å². The zero-order chi connectivity index (χ0) is 13.1. The Morgan fingerprint density at radius 1 is 1.11 bits per heavy atom. The molecule has 0 aliphatic rings. The second-order valence-electron chi connectivity index (χ2n) is 4.57. The fourth-order valence-electron chi connectivity index (χ4n) is 1.79. The molecule has 2 rings (SSSR count). The molecule has 96 valence electrons. The van der Waals surface area contributed by atoms with Crippen LogP contribution in [0.5, 0.6) is 5.75 Å². The predicted octanol–water partition coefficient (Wildman–Crippen LogP) is 5.36. The number of hydrogen-bond acceptors (Lipinski definition) is 2. The first-order valence-electron chi connectivity index (χ1n) is 5.98. The second-order valence-corrected chi connectivity index (χ2v) is 6.43. The highest BCUT2D eigenvalue weighted by Crippen LogP contribution is 2.37. The molecule has 0 radical (unpaired) electrons. The normalized spacial score (nSPS) is 12.7. The summed E-state index contributed by atoms with van der Waals surface area (Å²) in [6.07, 6.45) is 0. The molecule has 18 heavy (non-hydrogen) atoms. The van der Waals surface area contributed by atoms with E-state index < -0.39 is 0 Å². The van der Waals surface area contributed by atoms with Crippen LogP contribution in [0.2, 0.25) is 0 Å². The van der Waals surface area contributed by atoms with E-state index in [0.29, 0.717) is 5.92 Å². The molecule has 3 heteroatoms. The molecule has 1 aromatic carbocycles. The first-order valence-corrected chi connectivity index (χ1v) is 7.77. The van der Waals surface area contributed by atoms with Gasteiger partial charge in [-0.25, -0.2) is 0 Å². The van der Waals surface area contributed by atoms with Crippen LogP contribution in [0.4, 0.5) is 0 Å². The zero-order valence-electron chi connectivity index (χ0n) is 10.8. The third-order valence-electron chi connectivity index (χ3n) is 2.98. The monoisotopic (exact) mass is 324 g/mol. The van der Waals surface area contributed by atoms with Gasteiger partial charge in [-0.1, -0.05) is 54.0 Å². The van der Waals surface area contributed by atoms with Crippen LogP contribution in [-0.4, -0.2) is 7.11 Å². The van der Waals surface area contributed by atoms with Crippen molar-refractivity contribution in [3.05, 3.63) is 51.7 Å². The number of benzene rings is 1. The molecule has 0 aliphatic carbocycles. The van der Waals surface area contributed by atoms with Gasteiger partial charge in [0.25, 0.3) is 0 Å². The van der Waals surface area contributed by atoms with Gasteiger partial charge in [0.05, 0.1) is 11.9 Å². The summed E-state index contributed by atoms with van der Waals surface area (Å²) in [6, 6.07) is 10.9. The zero-order valence-corrected chi connectivity index (χ0v) is 13.2. The van der Waals surface area contributed by atoms with Crippen molar-refractivity contribution in [1.29, 1.82) is 0 Å². The molecular formula is C15H17BrOS. The molecule has 0 N–H and O–H groups in total. The molecule has 0 fully saturated rings. The maximum atomic E-state index is 5.22. The molecule has 0 amide bonds. The minimum absolute atomic E-state index is 0.243. The highest BCUT2D eigenvalue weighted by molar-refractivity contribution is 9.09. The third kappa shape index (κ3) is 2.96. The highest BCUT2D eigenvalue weighted by Gasteiger charge is 2.13. The van der Waals surface area contributed by atoms with E-state index in [4.69, 9.17) is 4.74 Å². The SMILES string of the molecule is COc1csc(C(Br)c2ccc(C(C)C)cc2)c1. The highest BCUT2D eigenvalue weighted by atomic mass is 79.9. The van der Waals surface area contributed by atoms with E-state index in [-0.39, 0.29) is 4.83 Å². The Hall–Kier alpha value is -0.800. The minimum atomic E-state index is 0.243. The van der Waals surface area contributed by atoms with Crippen LogP contribution in [-0.2, 0) is 0 Å². The number of rotatable bonds is 4. The minimum Gasteiger partial charge on any atom is -0.496 e. The maximum Gasteiger partial charge on any atom is 0.129 e. The fraction of sp³-hybridized carbons (Fsp3) is 0.333. The molecule has 1 aromatic heterocycles. The van der Waals surface area contributed by atoms with E-state index >= 15 is 0 Å². The largest absolute Gasteiger partial charge is 0.496 e. The summed E-state index contributed by atoms with van der Waals surface area (Å²) in [7, 11) is 1.70. The first-order chi connectivity index (χ1) is 8.61. The molecular weight excluding hydrogens is 308 g/mol. The van der Waals surface area contributed by atoms with Gasteiger partial charge in [-0.15, -0.1) is 11.3 Å². The van der Waals surface area contributed by atoms with Crippen molar-refractivity contribution in [2.24, 2.45) is 0 Å². The van der Waals surface area contributed by atoms with E-state index in [2.05, 4.69) is 60.1 Å². The van der Waals surface area contributed by atoms with Crippen LogP contribution < -0.4 is 4.74 Å². The Balaban J connectivity index is 2.20. The van der Waals surface area contributed by atoms with E-state index in [1.54, 1.807) is 18.4 Å². The predicted molar refractivity (Wildman–Crippen MR) is 82.2 cm³/mol. The Morgan fingerprint density at radius 3 is 2.22 bits per heavy atom. The Labute approximate surface area is 121 Å². The van der Waals surface area contributed by atoms with Crippen LogP contribution in [0, 0.1) is 0 Å². The van der Waals surface area contributed by atoms with Gasteiger partial charge in [-0.2, -0.15) is 0 Å². The van der Waals surface area contributed by atoms with Crippen LogP contribution in [0.3, 0.4) is 0 Å². The molecule has 1 atom stereocenters. The maximum absolute atomic E-state index is 5.22. The van der Waals surface area contributed by atoms with Crippen molar-refractivity contribution < 1.29 is 4.74 Å². The van der Waals surface area contributed by atoms with Crippen molar-refractivity contribution in [2.75, 3.05) is 7.11 Å². The van der Waals surface area contributed by atoms with Gasteiger partial charge in [0.1, 0.15) is 5.75 Å². The van der Waals surface area contributed by atoms with E-state index in [9.17, 15) is 0 Å². The Kier molecular flexibility index (Phi) is 4.46. The van der Waals surface area contributed by atoms with Crippen LogP contribution >= 0.6 is 27.3 Å². The lowest BCUT2D eigenvalue weighted by Crippen LogP contribution is -1.92. The quantitative estimate of drug-likeness (QED) is 0.687. The topological polar surface area (TPSA) is 9.23 Å². The van der Waals surface area contributed by atoms with Gasteiger partial charge in [0.2, 0.25) is 0 Å². The summed E-state index contributed by atoms with van der Waals surface area (Å²) in [5.41, 5.74) is 2.66. The average Bonchev–Trinajstić information content (AvgIpc) is 2.86.